The predicted molar refractivity (Wildman–Crippen MR) is 64.8 cm³/mol. The first-order valence-corrected chi connectivity index (χ1v) is 5.30. The van der Waals surface area contributed by atoms with Crippen LogP contribution in [0.1, 0.15) is 15.9 Å². The van der Waals surface area contributed by atoms with Gasteiger partial charge < -0.3 is 14.8 Å². The Morgan fingerprint density at radius 3 is 2.61 bits per heavy atom. The molecule has 0 aliphatic heterocycles. The number of ether oxygens (including phenoxy) is 1. The molecular formula is C13H11NO4. The van der Waals surface area contributed by atoms with Gasteiger partial charge in [-0.15, -0.1) is 0 Å². The van der Waals surface area contributed by atoms with Crippen LogP contribution >= 0.6 is 0 Å². The number of hydrogen-bond donors (Lipinski definition) is 2. The van der Waals surface area contributed by atoms with E-state index in [1.807, 2.05) is 30.3 Å². The number of carboxylic acids is 1. The van der Waals surface area contributed by atoms with E-state index in [9.17, 15) is 9.59 Å². The van der Waals surface area contributed by atoms with Crippen LogP contribution in [-0.2, 0) is 6.61 Å². The third-order valence-corrected chi connectivity index (χ3v) is 2.37. The lowest BCUT2D eigenvalue weighted by Crippen LogP contribution is -2.15. The van der Waals surface area contributed by atoms with Crippen molar-refractivity contribution in [3.8, 4) is 5.75 Å². The third-order valence-electron chi connectivity index (χ3n) is 2.37. The number of pyridine rings is 1. The maximum Gasteiger partial charge on any atom is 0.339 e. The van der Waals surface area contributed by atoms with Crippen molar-refractivity contribution in [2.24, 2.45) is 0 Å². The number of H-pyrrole nitrogens is 1. The van der Waals surface area contributed by atoms with Gasteiger partial charge in [-0.2, -0.15) is 0 Å². The number of nitrogens with one attached hydrogen (secondary N) is 1. The van der Waals surface area contributed by atoms with Crippen LogP contribution in [0.25, 0.3) is 0 Å². The molecule has 0 atom stereocenters. The smallest absolute Gasteiger partial charge is 0.339 e. The average molecular weight is 245 g/mol. The number of hydrogen-bond acceptors (Lipinski definition) is 3. The highest BCUT2D eigenvalue weighted by molar-refractivity contribution is 5.90. The van der Waals surface area contributed by atoms with Crippen molar-refractivity contribution < 1.29 is 14.6 Å². The SMILES string of the molecule is O=C(O)c1cc[nH]c(=O)c1OCc1ccccc1. The summed E-state index contributed by atoms with van der Waals surface area (Å²) in [5.41, 5.74) is 0.164. The monoisotopic (exact) mass is 245 g/mol. The molecule has 2 rings (SSSR count). The van der Waals surface area contributed by atoms with Gasteiger partial charge in [0, 0.05) is 6.20 Å². The third kappa shape index (κ3) is 2.57. The van der Waals surface area contributed by atoms with Gasteiger partial charge in [-0.25, -0.2) is 4.79 Å². The Balaban J connectivity index is 2.24. The van der Waals surface area contributed by atoms with Crippen molar-refractivity contribution in [3.05, 3.63) is 64.1 Å². The van der Waals surface area contributed by atoms with Gasteiger partial charge in [0.1, 0.15) is 12.2 Å². The number of benzene rings is 1. The van der Waals surface area contributed by atoms with Gasteiger partial charge >= 0.3 is 5.97 Å². The number of rotatable bonds is 4. The molecule has 0 unspecified atom stereocenters. The zero-order valence-electron chi connectivity index (χ0n) is 9.42. The summed E-state index contributed by atoms with van der Waals surface area (Å²) in [6.07, 6.45) is 1.28. The number of aromatic amines is 1. The number of aromatic nitrogens is 1. The van der Waals surface area contributed by atoms with Crippen molar-refractivity contribution >= 4 is 5.97 Å². The zero-order chi connectivity index (χ0) is 13.0. The summed E-state index contributed by atoms with van der Waals surface area (Å²) >= 11 is 0. The zero-order valence-corrected chi connectivity index (χ0v) is 9.42. The maximum absolute atomic E-state index is 11.5. The quantitative estimate of drug-likeness (QED) is 0.858. The van der Waals surface area contributed by atoms with E-state index in [0.29, 0.717) is 0 Å². The largest absolute Gasteiger partial charge is 0.482 e. The van der Waals surface area contributed by atoms with Crippen molar-refractivity contribution in [2.75, 3.05) is 0 Å². The lowest BCUT2D eigenvalue weighted by molar-refractivity contribution is 0.0691. The highest BCUT2D eigenvalue weighted by atomic mass is 16.5. The summed E-state index contributed by atoms with van der Waals surface area (Å²) in [5, 5.41) is 8.95. The molecule has 2 N–H and O–H groups in total. The lowest BCUT2D eigenvalue weighted by Gasteiger charge is -2.07. The van der Waals surface area contributed by atoms with Gasteiger partial charge in [0.2, 0.25) is 0 Å². The molecule has 0 aliphatic rings. The van der Waals surface area contributed by atoms with Crippen LogP contribution < -0.4 is 10.3 Å². The van der Waals surface area contributed by atoms with E-state index >= 15 is 0 Å². The van der Waals surface area contributed by atoms with E-state index in [0.717, 1.165) is 5.56 Å². The second-order valence-corrected chi connectivity index (χ2v) is 3.63. The summed E-state index contributed by atoms with van der Waals surface area (Å²) in [5.74, 6) is -1.36. The molecule has 1 aromatic carbocycles. The highest BCUT2D eigenvalue weighted by Gasteiger charge is 2.14. The van der Waals surface area contributed by atoms with Gasteiger partial charge in [-0.1, -0.05) is 30.3 Å². The minimum atomic E-state index is -1.19. The van der Waals surface area contributed by atoms with Gasteiger partial charge in [0.05, 0.1) is 0 Å². The molecule has 1 aromatic heterocycles. The molecule has 0 saturated heterocycles. The molecule has 0 saturated carbocycles. The second kappa shape index (κ2) is 5.18. The molecule has 5 nitrogen and oxygen atoms in total. The van der Waals surface area contributed by atoms with Crippen LogP contribution in [-0.4, -0.2) is 16.1 Å². The molecule has 0 fully saturated rings. The van der Waals surface area contributed by atoms with E-state index in [2.05, 4.69) is 4.98 Å². The normalized spacial score (nSPS) is 10.0. The van der Waals surface area contributed by atoms with E-state index < -0.39 is 11.5 Å². The molecule has 0 amide bonds. The minimum absolute atomic E-state index is 0.144. The lowest BCUT2D eigenvalue weighted by atomic mass is 10.2. The number of carbonyl (C=O) groups is 1. The fourth-order valence-corrected chi connectivity index (χ4v) is 1.51. The highest BCUT2D eigenvalue weighted by Crippen LogP contribution is 2.13. The molecular weight excluding hydrogens is 234 g/mol. The van der Waals surface area contributed by atoms with Gasteiger partial charge in [-0.3, -0.25) is 4.79 Å². The van der Waals surface area contributed by atoms with Crippen LogP contribution in [0.3, 0.4) is 0 Å². The summed E-state index contributed by atoms with van der Waals surface area (Å²) in [6.45, 7) is 0.147. The fraction of sp³-hybridized carbons (Fsp3) is 0.0769. The Morgan fingerprint density at radius 2 is 1.94 bits per heavy atom. The molecule has 5 heteroatoms. The molecule has 18 heavy (non-hydrogen) atoms. The summed E-state index contributed by atoms with van der Waals surface area (Å²) in [6, 6.07) is 10.5. The van der Waals surface area contributed by atoms with Crippen LogP contribution in [0.15, 0.2) is 47.4 Å². The van der Waals surface area contributed by atoms with Gasteiger partial charge in [-0.05, 0) is 11.6 Å². The Hall–Kier alpha value is -2.56. The minimum Gasteiger partial charge on any atom is -0.482 e. The standard InChI is InChI=1S/C13H11NO4/c15-12-11(10(13(16)17)6-7-14-12)18-8-9-4-2-1-3-5-9/h1-7H,8H2,(H,14,15)(H,16,17). The number of aromatic carboxylic acids is 1. The molecule has 0 bridgehead atoms. The van der Waals surface area contributed by atoms with Gasteiger partial charge in [0.25, 0.3) is 5.56 Å². The molecule has 0 radical (unpaired) electrons. The predicted octanol–water partition coefficient (Wildman–Crippen LogP) is 1.65. The molecule has 2 aromatic rings. The summed E-state index contributed by atoms with van der Waals surface area (Å²) in [7, 11) is 0. The molecule has 92 valence electrons. The first-order chi connectivity index (χ1) is 8.68. The van der Waals surface area contributed by atoms with Crippen LogP contribution in [0.2, 0.25) is 0 Å². The van der Waals surface area contributed by atoms with E-state index in [1.54, 1.807) is 0 Å². The maximum atomic E-state index is 11.5. The molecule has 0 spiro atoms. The molecule has 1 heterocycles. The second-order valence-electron chi connectivity index (χ2n) is 3.63. The van der Waals surface area contributed by atoms with Crippen molar-refractivity contribution in [1.29, 1.82) is 0 Å². The summed E-state index contributed by atoms with van der Waals surface area (Å²) < 4.78 is 5.29. The number of carboxylic acid groups (broad SMARTS) is 1. The van der Waals surface area contributed by atoms with Crippen molar-refractivity contribution in [3.63, 3.8) is 0 Å². The Morgan fingerprint density at radius 1 is 1.22 bits per heavy atom. The van der Waals surface area contributed by atoms with Crippen molar-refractivity contribution in [1.82, 2.24) is 4.98 Å². The topological polar surface area (TPSA) is 79.4 Å². The van der Waals surface area contributed by atoms with E-state index in [4.69, 9.17) is 9.84 Å². The Bertz CT molecular complexity index is 604. The van der Waals surface area contributed by atoms with Crippen LogP contribution in [0, 0.1) is 0 Å². The summed E-state index contributed by atoms with van der Waals surface area (Å²) in [4.78, 5) is 24.9. The van der Waals surface area contributed by atoms with E-state index in [1.165, 1.54) is 12.3 Å². The Labute approximate surface area is 103 Å². The van der Waals surface area contributed by atoms with Crippen molar-refractivity contribution in [2.45, 2.75) is 6.61 Å². The first-order valence-electron chi connectivity index (χ1n) is 5.30. The van der Waals surface area contributed by atoms with Crippen LogP contribution in [0.5, 0.6) is 5.75 Å². The fourth-order valence-electron chi connectivity index (χ4n) is 1.51. The average Bonchev–Trinajstić information content (AvgIpc) is 2.38. The first kappa shape index (κ1) is 11.9. The Kier molecular flexibility index (Phi) is 3.43. The van der Waals surface area contributed by atoms with Gasteiger partial charge in [0.15, 0.2) is 5.75 Å². The van der Waals surface area contributed by atoms with Crippen LogP contribution in [0.4, 0.5) is 0 Å². The molecule has 0 aliphatic carbocycles. The van der Waals surface area contributed by atoms with E-state index in [-0.39, 0.29) is 17.9 Å².